The van der Waals surface area contributed by atoms with E-state index in [2.05, 4.69) is 39.2 Å². The second-order valence-corrected chi connectivity index (χ2v) is 11.9. The highest BCUT2D eigenvalue weighted by Crippen LogP contribution is 2.36. The molecule has 0 unspecified atom stereocenters. The first-order chi connectivity index (χ1) is 9.72. The van der Waals surface area contributed by atoms with Crippen LogP contribution in [0.3, 0.4) is 0 Å². The largest absolute Gasteiger partial charge is 0.416 e. The van der Waals surface area contributed by atoms with Crippen LogP contribution in [-0.4, -0.2) is 28.0 Å². The molecule has 1 aromatic rings. The van der Waals surface area contributed by atoms with Crippen LogP contribution in [-0.2, 0) is 10.8 Å². The third kappa shape index (κ3) is 6.72. The third-order valence-electron chi connectivity index (χ3n) is 4.26. The van der Waals surface area contributed by atoms with Crippen molar-refractivity contribution in [1.82, 2.24) is 5.32 Å². The summed E-state index contributed by atoms with van der Waals surface area (Å²) in [5, 5.41) is 3.67. The van der Waals surface area contributed by atoms with Gasteiger partial charge in [-0.3, -0.25) is 0 Å². The molecular formula is C17H30FNOSi. The van der Waals surface area contributed by atoms with E-state index in [0.717, 1.165) is 38.1 Å². The molecule has 0 fully saturated rings. The predicted molar refractivity (Wildman–Crippen MR) is 90.7 cm³/mol. The minimum Gasteiger partial charge on any atom is -0.416 e. The van der Waals surface area contributed by atoms with Gasteiger partial charge < -0.3 is 9.74 Å². The van der Waals surface area contributed by atoms with Crippen LogP contribution in [0.4, 0.5) is 4.39 Å². The van der Waals surface area contributed by atoms with Gasteiger partial charge in [-0.1, -0.05) is 32.9 Å². The number of rotatable bonds is 8. The van der Waals surface area contributed by atoms with Crippen molar-refractivity contribution in [3.8, 4) is 0 Å². The van der Waals surface area contributed by atoms with E-state index in [-0.39, 0.29) is 10.9 Å². The third-order valence-corrected chi connectivity index (χ3v) is 8.79. The fraction of sp³-hybridized carbons (Fsp3) is 0.647. The van der Waals surface area contributed by atoms with Gasteiger partial charge in [-0.15, -0.1) is 0 Å². The lowest BCUT2D eigenvalue weighted by Crippen LogP contribution is -2.42. The topological polar surface area (TPSA) is 21.3 Å². The van der Waals surface area contributed by atoms with Crippen molar-refractivity contribution in [2.75, 3.05) is 19.7 Å². The van der Waals surface area contributed by atoms with E-state index in [1.54, 1.807) is 12.1 Å². The number of aryl methyl sites for hydroxylation is 1. The maximum atomic E-state index is 13.0. The van der Waals surface area contributed by atoms with Crippen molar-refractivity contribution in [1.29, 1.82) is 0 Å². The minimum absolute atomic E-state index is 0.150. The highest BCUT2D eigenvalue weighted by molar-refractivity contribution is 6.74. The normalized spacial score (nSPS) is 12.7. The van der Waals surface area contributed by atoms with Gasteiger partial charge >= 0.3 is 0 Å². The molecule has 0 aliphatic heterocycles. The molecular weight excluding hydrogens is 281 g/mol. The van der Waals surface area contributed by atoms with Gasteiger partial charge in [0.05, 0.1) is 0 Å². The van der Waals surface area contributed by atoms with Gasteiger partial charge in [0.1, 0.15) is 5.82 Å². The molecule has 21 heavy (non-hydrogen) atoms. The molecule has 4 heteroatoms. The van der Waals surface area contributed by atoms with Gasteiger partial charge in [-0.2, -0.15) is 0 Å². The fourth-order valence-corrected chi connectivity index (χ4v) is 2.88. The Morgan fingerprint density at radius 2 is 1.90 bits per heavy atom. The average Bonchev–Trinajstić information content (AvgIpc) is 2.36. The summed E-state index contributed by atoms with van der Waals surface area (Å²) in [6, 6.07) is 6.84. The Kier molecular flexibility index (Phi) is 7.04. The van der Waals surface area contributed by atoms with Crippen LogP contribution >= 0.6 is 0 Å². The fourth-order valence-electron chi connectivity index (χ4n) is 1.83. The smallest absolute Gasteiger partial charge is 0.192 e. The van der Waals surface area contributed by atoms with Crippen LogP contribution in [0.25, 0.3) is 0 Å². The van der Waals surface area contributed by atoms with Crippen molar-refractivity contribution in [3.05, 3.63) is 35.6 Å². The van der Waals surface area contributed by atoms with Gasteiger partial charge in [0.15, 0.2) is 8.32 Å². The van der Waals surface area contributed by atoms with E-state index in [9.17, 15) is 4.39 Å². The Morgan fingerprint density at radius 3 is 2.52 bits per heavy atom. The summed E-state index contributed by atoms with van der Waals surface area (Å²) < 4.78 is 19.1. The molecule has 0 atom stereocenters. The molecule has 0 saturated carbocycles. The summed E-state index contributed by atoms with van der Waals surface area (Å²) in [7, 11) is -1.61. The second kappa shape index (κ2) is 8.06. The molecule has 1 rings (SSSR count). The zero-order valence-electron chi connectivity index (χ0n) is 14.1. The molecule has 1 aromatic carbocycles. The first kappa shape index (κ1) is 18.3. The average molecular weight is 312 g/mol. The Hall–Kier alpha value is -0.713. The SMILES string of the molecule is CC(C)(C)[Si](C)(C)OCCNCCCc1cccc(F)c1. The van der Waals surface area contributed by atoms with Crippen molar-refractivity contribution in [3.63, 3.8) is 0 Å². The molecule has 0 aliphatic carbocycles. The van der Waals surface area contributed by atoms with Crippen LogP contribution in [0, 0.1) is 5.82 Å². The summed E-state index contributed by atoms with van der Waals surface area (Å²) in [5.41, 5.74) is 1.06. The molecule has 0 saturated heterocycles. The monoisotopic (exact) mass is 311 g/mol. The van der Waals surface area contributed by atoms with Crippen molar-refractivity contribution < 1.29 is 8.82 Å². The van der Waals surface area contributed by atoms with Gasteiger partial charge in [0.25, 0.3) is 0 Å². The van der Waals surface area contributed by atoms with Crippen LogP contribution in [0.2, 0.25) is 18.1 Å². The number of hydrogen-bond acceptors (Lipinski definition) is 2. The van der Waals surface area contributed by atoms with Gasteiger partial charge in [0.2, 0.25) is 0 Å². The van der Waals surface area contributed by atoms with Crippen LogP contribution in [0.5, 0.6) is 0 Å². The zero-order chi connectivity index (χ0) is 15.9. The van der Waals surface area contributed by atoms with Crippen molar-refractivity contribution in [2.45, 2.75) is 51.7 Å². The molecule has 0 aliphatic rings. The van der Waals surface area contributed by atoms with E-state index in [0.29, 0.717) is 0 Å². The number of hydrogen-bond donors (Lipinski definition) is 1. The van der Waals surface area contributed by atoms with Gasteiger partial charge in [-0.25, -0.2) is 4.39 Å². The molecule has 0 bridgehead atoms. The van der Waals surface area contributed by atoms with E-state index < -0.39 is 8.32 Å². The molecule has 2 nitrogen and oxygen atoms in total. The molecule has 0 amide bonds. The van der Waals surface area contributed by atoms with Gasteiger partial charge in [-0.05, 0) is 55.2 Å². The highest BCUT2D eigenvalue weighted by Gasteiger charge is 2.36. The van der Waals surface area contributed by atoms with Crippen LogP contribution in [0.15, 0.2) is 24.3 Å². The molecule has 0 aromatic heterocycles. The zero-order valence-corrected chi connectivity index (χ0v) is 15.1. The standard InChI is InChI=1S/C17H30FNOSi/c1-17(2,3)21(4,5)20-13-12-19-11-7-9-15-8-6-10-16(18)14-15/h6,8,10,14,19H,7,9,11-13H2,1-5H3. The lowest BCUT2D eigenvalue weighted by atomic mass is 10.1. The Bertz CT molecular complexity index is 429. The molecule has 1 N–H and O–H groups in total. The summed E-state index contributed by atoms with van der Waals surface area (Å²) >= 11 is 0. The van der Waals surface area contributed by atoms with E-state index in [1.807, 2.05) is 6.07 Å². The number of nitrogens with one attached hydrogen (secondary N) is 1. The lowest BCUT2D eigenvalue weighted by molar-refractivity contribution is 0.286. The first-order valence-electron chi connectivity index (χ1n) is 7.81. The summed E-state index contributed by atoms with van der Waals surface area (Å²) in [4.78, 5) is 0. The first-order valence-corrected chi connectivity index (χ1v) is 10.7. The lowest BCUT2D eigenvalue weighted by Gasteiger charge is -2.36. The summed E-state index contributed by atoms with van der Waals surface area (Å²) in [6.07, 6.45) is 1.93. The minimum atomic E-state index is -1.61. The number of halogens is 1. The molecule has 0 spiro atoms. The summed E-state index contributed by atoms with van der Waals surface area (Å²) in [6.45, 7) is 13.9. The number of benzene rings is 1. The van der Waals surface area contributed by atoms with E-state index >= 15 is 0 Å². The Morgan fingerprint density at radius 1 is 1.19 bits per heavy atom. The maximum Gasteiger partial charge on any atom is 0.192 e. The van der Waals surface area contributed by atoms with E-state index in [1.165, 1.54) is 6.07 Å². The molecule has 0 heterocycles. The molecule has 120 valence electrons. The Labute approximate surface area is 130 Å². The predicted octanol–water partition coefficient (Wildman–Crippen LogP) is 4.37. The summed E-state index contributed by atoms with van der Waals surface area (Å²) in [5.74, 6) is -0.150. The Balaban J connectivity index is 2.10. The quantitative estimate of drug-likeness (QED) is 0.568. The van der Waals surface area contributed by atoms with Crippen molar-refractivity contribution >= 4 is 8.32 Å². The van der Waals surface area contributed by atoms with Crippen molar-refractivity contribution in [2.24, 2.45) is 0 Å². The maximum absolute atomic E-state index is 13.0. The highest BCUT2D eigenvalue weighted by atomic mass is 28.4. The second-order valence-electron chi connectivity index (χ2n) is 7.09. The molecule has 0 radical (unpaired) electrons. The van der Waals surface area contributed by atoms with Crippen LogP contribution in [0.1, 0.15) is 32.8 Å². The van der Waals surface area contributed by atoms with Gasteiger partial charge in [0, 0.05) is 13.2 Å². The van der Waals surface area contributed by atoms with E-state index in [4.69, 9.17) is 4.43 Å². The van der Waals surface area contributed by atoms with Crippen LogP contribution < -0.4 is 5.32 Å².